The van der Waals surface area contributed by atoms with E-state index in [1.165, 1.54) is 28.1 Å². The smallest absolute Gasteiger partial charge is 0.295 e. The number of furan rings is 1. The van der Waals surface area contributed by atoms with Crippen LogP contribution >= 0.6 is 11.3 Å². The van der Waals surface area contributed by atoms with E-state index in [-0.39, 0.29) is 5.91 Å². The maximum Gasteiger partial charge on any atom is 0.295 e. The van der Waals surface area contributed by atoms with E-state index in [1.54, 1.807) is 17.0 Å². The molecule has 0 spiro atoms. The molecular weight excluding hydrogens is 386 g/mol. The second-order valence-corrected chi connectivity index (χ2v) is 8.12. The molecule has 1 saturated heterocycles. The van der Waals surface area contributed by atoms with Crippen LogP contribution < -0.4 is 9.80 Å². The predicted octanol–water partition coefficient (Wildman–Crippen LogP) is 2.66. The van der Waals surface area contributed by atoms with Gasteiger partial charge in [0.2, 0.25) is 0 Å². The molecule has 3 heterocycles. The number of morpholine rings is 1. The van der Waals surface area contributed by atoms with Crippen molar-refractivity contribution in [2.24, 2.45) is 0 Å². The van der Waals surface area contributed by atoms with Crippen LogP contribution in [0.25, 0.3) is 11.3 Å². The zero-order valence-electron chi connectivity index (χ0n) is 16.6. The summed E-state index contributed by atoms with van der Waals surface area (Å²) in [6, 6.07) is 11.7. The van der Waals surface area contributed by atoms with Gasteiger partial charge < -0.3 is 14.1 Å². The summed E-state index contributed by atoms with van der Waals surface area (Å²) >= 11 is 1.49. The molecule has 0 atom stereocenters. The number of thiazole rings is 1. The van der Waals surface area contributed by atoms with Gasteiger partial charge in [-0.3, -0.25) is 9.69 Å². The van der Waals surface area contributed by atoms with Gasteiger partial charge in [0.25, 0.3) is 5.91 Å². The summed E-state index contributed by atoms with van der Waals surface area (Å²) in [6.07, 6.45) is 2.43. The van der Waals surface area contributed by atoms with Crippen molar-refractivity contribution in [2.75, 3.05) is 44.3 Å². The maximum atomic E-state index is 13.1. The molecule has 1 fully saturated rings. The highest BCUT2D eigenvalue weighted by Gasteiger charge is 2.24. The van der Waals surface area contributed by atoms with Crippen LogP contribution in [0.1, 0.15) is 22.5 Å². The van der Waals surface area contributed by atoms with E-state index in [0.717, 1.165) is 50.5 Å². The number of carbonyl (C=O) groups is 1. The second kappa shape index (κ2) is 9.35. The van der Waals surface area contributed by atoms with E-state index in [2.05, 4.69) is 31.2 Å². The Bertz CT molecular complexity index is 915. The molecule has 1 N–H and O–H groups in total. The third kappa shape index (κ3) is 4.93. The first-order valence-corrected chi connectivity index (χ1v) is 10.9. The van der Waals surface area contributed by atoms with E-state index < -0.39 is 0 Å². The minimum Gasteiger partial charge on any atom is -0.459 e. The first-order valence-electron chi connectivity index (χ1n) is 10.00. The number of benzene rings is 1. The van der Waals surface area contributed by atoms with E-state index in [0.29, 0.717) is 17.4 Å². The monoisotopic (exact) mass is 412 g/mol. The molecule has 152 valence electrons. The molecule has 2 aromatic heterocycles. The van der Waals surface area contributed by atoms with Crippen LogP contribution in [0.5, 0.6) is 0 Å². The van der Waals surface area contributed by atoms with E-state index in [1.807, 2.05) is 5.38 Å². The molecular formula is C22H26N3O3S+. The largest absolute Gasteiger partial charge is 0.459 e. The van der Waals surface area contributed by atoms with E-state index >= 15 is 0 Å². The molecule has 3 aromatic rings. The maximum absolute atomic E-state index is 13.1. The van der Waals surface area contributed by atoms with Crippen molar-refractivity contribution in [3.05, 3.63) is 59.4 Å². The highest BCUT2D eigenvalue weighted by Crippen LogP contribution is 2.28. The van der Waals surface area contributed by atoms with Gasteiger partial charge in [-0.25, -0.2) is 4.98 Å². The Hall–Kier alpha value is -2.48. The fraction of sp³-hybridized carbons (Fsp3) is 0.364. The standard InChI is InChI=1S/C22H25N3O3S/c1-17-5-7-18(8-6-17)19-16-29-22(23-19)25(21(26)20-4-2-13-28-20)10-3-9-24-11-14-27-15-12-24/h2,4-8,13,16H,3,9-12,14-15H2,1H3/p+1. The van der Waals surface area contributed by atoms with E-state index in [9.17, 15) is 4.79 Å². The number of aryl methyl sites for hydroxylation is 1. The molecule has 1 aromatic carbocycles. The normalized spacial score (nSPS) is 14.8. The summed E-state index contributed by atoms with van der Waals surface area (Å²) in [5.41, 5.74) is 3.16. The SMILES string of the molecule is Cc1ccc(-c2csc(N(CCC[NH+]3CCOCC3)C(=O)c3ccco3)n2)cc1. The number of nitrogens with one attached hydrogen (secondary N) is 1. The quantitative estimate of drug-likeness (QED) is 0.648. The number of carbonyl (C=O) groups excluding carboxylic acids is 1. The van der Waals surface area contributed by atoms with Crippen molar-refractivity contribution in [1.82, 2.24) is 4.98 Å². The molecule has 7 heteroatoms. The van der Waals surface area contributed by atoms with Crippen LogP contribution in [0, 0.1) is 6.92 Å². The lowest BCUT2D eigenvalue weighted by Gasteiger charge is -2.25. The minimum absolute atomic E-state index is 0.142. The lowest BCUT2D eigenvalue weighted by molar-refractivity contribution is -0.908. The zero-order valence-corrected chi connectivity index (χ0v) is 17.4. The summed E-state index contributed by atoms with van der Waals surface area (Å²) in [4.78, 5) is 21.1. The molecule has 1 amide bonds. The Morgan fingerprint density at radius 1 is 1.21 bits per heavy atom. The highest BCUT2D eigenvalue weighted by molar-refractivity contribution is 7.14. The van der Waals surface area contributed by atoms with Crippen molar-refractivity contribution in [1.29, 1.82) is 0 Å². The first-order chi connectivity index (χ1) is 14.2. The fourth-order valence-corrected chi connectivity index (χ4v) is 4.32. The Labute approximate surface area is 174 Å². The summed E-state index contributed by atoms with van der Waals surface area (Å²) < 4.78 is 10.8. The van der Waals surface area contributed by atoms with Gasteiger partial charge in [0.1, 0.15) is 13.1 Å². The number of quaternary nitrogens is 1. The van der Waals surface area contributed by atoms with Crippen molar-refractivity contribution in [2.45, 2.75) is 13.3 Å². The van der Waals surface area contributed by atoms with Crippen LogP contribution in [-0.4, -0.2) is 50.3 Å². The predicted molar refractivity (Wildman–Crippen MR) is 114 cm³/mol. The number of hydrogen-bond acceptors (Lipinski definition) is 5. The van der Waals surface area contributed by atoms with Gasteiger partial charge in [-0.15, -0.1) is 11.3 Å². The van der Waals surface area contributed by atoms with Gasteiger partial charge in [0, 0.05) is 23.9 Å². The third-order valence-electron chi connectivity index (χ3n) is 5.16. The van der Waals surface area contributed by atoms with Crippen LogP contribution in [0.3, 0.4) is 0 Å². The lowest BCUT2D eigenvalue weighted by atomic mass is 10.1. The van der Waals surface area contributed by atoms with Gasteiger partial charge >= 0.3 is 0 Å². The number of aromatic nitrogens is 1. The molecule has 0 saturated carbocycles. The Kier molecular flexibility index (Phi) is 6.39. The Morgan fingerprint density at radius 2 is 2.00 bits per heavy atom. The van der Waals surface area contributed by atoms with Crippen LogP contribution in [0.4, 0.5) is 5.13 Å². The molecule has 1 aliphatic rings. The summed E-state index contributed by atoms with van der Waals surface area (Å²) in [6.45, 7) is 7.39. The number of amides is 1. The molecule has 0 radical (unpaired) electrons. The summed E-state index contributed by atoms with van der Waals surface area (Å²) in [7, 11) is 0. The lowest BCUT2D eigenvalue weighted by Crippen LogP contribution is -3.14. The summed E-state index contributed by atoms with van der Waals surface area (Å²) in [5, 5.41) is 2.72. The Morgan fingerprint density at radius 3 is 2.72 bits per heavy atom. The highest BCUT2D eigenvalue weighted by atomic mass is 32.1. The average molecular weight is 413 g/mol. The van der Waals surface area contributed by atoms with Gasteiger partial charge in [0.15, 0.2) is 10.9 Å². The fourth-order valence-electron chi connectivity index (χ4n) is 3.46. The van der Waals surface area contributed by atoms with Crippen molar-refractivity contribution >= 4 is 22.4 Å². The van der Waals surface area contributed by atoms with Crippen molar-refractivity contribution in [3.63, 3.8) is 0 Å². The number of hydrogen-bond donors (Lipinski definition) is 1. The second-order valence-electron chi connectivity index (χ2n) is 7.28. The Balaban J connectivity index is 1.50. The molecule has 29 heavy (non-hydrogen) atoms. The molecule has 0 bridgehead atoms. The third-order valence-corrected chi connectivity index (χ3v) is 6.02. The first kappa shape index (κ1) is 19.8. The zero-order chi connectivity index (χ0) is 20.1. The minimum atomic E-state index is -0.142. The van der Waals surface area contributed by atoms with Gasteiger partial charge in [-0.2, -0.15) is 0 Å². The molecule has 0 unspecified atom stereocenters. The van der Waals surface area contributed by atoms with Crippen LogP contribution in [-0.2, 0) is 4.74 Å². The number of nitrogens with zero attached hydrogens (tertiary/aromatic N) is 2. The van der Waals surface area contributed by atoms with Gasteiger partial charge in [0.05, 0.1) is 31.7 Å². The number of anilines is 1. The summed E-state index contributed by atoms with van der Waals surface area (Å²) in [5.74, 6) is 0.201. The van der Waals surface area contributed by atoms with Crippen molar-refractivity contribution < 1.29 is 18.8 Å². The topological polar surface area (TPSA) is 60.0 Å². The van der Waals surface area contributed by atoms with Gasteiger partial charge in [-0.05, 0) is 19.1 Å². The number of rotatable bonds is 7. The molecule has 4 rings (SSSR count). The average Bonchev–Trinajstić information content (AvgIpc) is 3.45. The molecule has 6 nitrogen and oxygen atoms in total. The van der Waals surface area contributed by atoms with Crippen LogP contribution in [0.15, 0.2) is 52.5 Å². The molecule has 0 aliphatic carbocycles. The van der Waals surface area contributed by atoms with Crippen molar-refractivity contribution in [3.8, 4) is 11.3 Å². The molecule has 1 aliphatic heterocycles. The van der Waals surface area contributed by atoms with E-state index in [4.69, 9.17) is 14.1 Å². The van der Waals surface area contributed by atoms with Crippen LogP contribution in [0.2, 0.25) is 0 Å². The van der Waals surface area contributed by atoms with Gasteiger partial charge in [-0.1, -0.05) is 29.8 Å². The number of ether oxygens (including phenoxy) is 1.